The van der Waals surface area contributed by atoms with E-state index in [0.717, 1.165) is 22.8 Å². The molecule has 0 heterocycles. The van der Waals surface area contributed by atoms with Crippen LogP contribution in [0.4, 0.5) is 4.39 Å². The number of hydrogen-bond acceptors (Lipinski definition) is 2. The fraction of sp³-hybridized carbons (Fsp3) is 0.278. The second kappa shape index (κ2) is 8.17. The van der Waals surface area contributed by atoms with Gasteiger partial charge in [-0.05, 0) is 35.4 Å². The van der Waals surface area contributed by atoms with Gasteiger partial charge in [-0.1, -0.05) is 24.3 Å². The fourth-order valence-corrected chi connectivity index (χ4v) is 2.25. The smallest absolute Gasteiger partial charge is 0.193 e. The summed E-state index contributed by atoms with van der Waals surface area (Å²) in [5.41, 5.74) is 2.17. The monoisotopic (exact) mass is 315 g/mol. The number of nitrogens with zero attached hydrogens (tertiary/aromatic N) is 2. The van der Waals surface area contributed by atoms with Crippen molar-refractivity contribution in [2.45, 2.75) is 13.1 Å². The highest BCUT2D eigenvalue weighted by atomic mass is 19.1. The first-order valence-electron chi connectivity index (χ1n) is 7.41. The van der Waals surface area contributed by atoms with Gasteiger partial charge in [0, 0.05) is 27.2 Å². The molecule has 0 amide bonds. The van der Waals surface area contributed by atoms with Gasteiger partial charge in [0.1, 0.15) is 11.6 Å². The molecule has 0 saturated carbocycles. The van der Waals surface area contributed by atoms with Crippen LogP contribution in [0.15, 0.2) is 53.5 Å². The lowest BCUT2D eigenvalue weighted by molar-refractivity contribution is 0.414. The number of methoxy groups -OCH3 is 1. The van der Waals surface area contributed by atoms with Crippen molar-refractivity contribution in [2.24, 2.45) is 4.99 Å². The Kier molecular flexibility index (Phi) is 5.97. The third kappa shape index (κ3) is 4.98. The first kappa shape index (κ1) is 16.8. The molecule has 0 fully saturated rings. The van der Waals surface area contributed by atoms with E-state index in [9.17, 15) is 4.39 Å². The Morgan fingerprint density at radius 3 is 2.26 bits per heavy atom. The van der Waals surface area contributed by atoms with E-state index < -0.39 is 0 Å². The highest BCUT2D eigenvalue weighted by Gasteiger charge is 2.07. The van der Waals surface area contributed by atoms with Gasteiger partial charge in [0.05, 0.1) is 7.11 Å². The van der Waals surface area contributed by atoms with Gasteiger partial charge >= 0.3 is 0 Å². The zero-order valence-corrected chi connectivity index (χ0v) is 13.7. The van der Waals surface area contributed by atoms with Crippen LogP contribution < -0.4 is 10.1 Å². The van der Waals surface area contributed by atoms with Crippen LogP contribution in [0.2, 0.25) is 0 Å². The Balaban J connectivity index is 1.92. The summed E-state index contributed by atoms with van der Waals surface area (Å²) in [7, 11) is 5.35. The number of rotatable bonds is 5. The minimum atomic E-state index is -0.224. The number of nitrogens with one attached hydrogen (secondary N) is 1. The number of aliphatic imine (C=N–C) groups is 1. The Bertz CT molecular complexity index is 638. The summed E-state index contributed by atoms with van der Waals surface area (Å²) in [5, 5.41) is 3.32. The highest BCUT2D eigenvalue weighted by molar-refractivity contribution is 5.79. The summed E-state index contributed by atoms with van der Waals surface area (Å²) in [6.07, 6.45) is 0. The molecule has 23 heavy (non-hydrogen) atoms. The molecule has 0 unspecified atom stereocenters. The number of guanidine groups is 1. The lowest BCUT2D eigenvalue weighted by Gasteiger charge is -2.22. The van der Waals surface area contributed by atoms with E-state index in [1.54, 1.807) is 26.3 Å². The van der Waals surface area contributed by atoms with Crippen molar-refractivity contribution >= 4 is 5.96 Å². The van der Waals surface area contributed by atoms with Gasteiger partial charge in [0.25, 0.3) is 0 Å². The van der Waals surface area contributed by atoms with Crippen molar-refractivity contribution in [2.75, 3.05) is 21.2 Å². The van der Waals surface area contributed by atoms with Crippen LogP contribution >= 0.6 is 0 Å². The predicted molar refractivity (Wildman–Crippen MR) is 91.1 cm³/mol. The Morgan fingerprint density at radius 2 is 1.70 bits per heavy atom. The van der Waals surface area contributed by atoms with E-state index >= 15 is 0 Å². The van der Waals surface area contributed by atoms with E-state index in [1.165, 1.54) is 12.1 Å². The molecule has 1 N–H and O–H groups in total. The average molecular weight is 315 g/mol. The third-order valence-electron chi connectivity index (χ3n) is 3.52. The van der Waals surface area contributed by atoms with E-state index in [2.05, 4.69) is 10.3 Å². The van der Waals surface area contributed by atoms with Crippen molar-refractivity contribution in [1.82, 2.24) is 10.2 Å². The van der Waals surface area contributed by atoms with E-state index in [-0.39, 0.29) is 5.82 Å². The Morgan fingerprint density at radius 1 is 1.09 bits per heavy atom. The minimum absolute atomic E-state index is 0.224. The van der Waals surface area contributed by atoms with Crippen molar-refractivity contribution < 1.29 is 9.13 Å². The molecular formula is C18H22FN3O. The zero-order chi connectivity index (χ0) is 16.7. The van der Waals surface area contributed by atoms with Gasteiger partial charge in [0.2, 0.25) is 0 Å². The molecule has 0 aliphatic heterocycles. The highest BCUT2D eigenvalue weighted by Crippen LogP contribution is 2.11. The van der Waals surface area contributed by atoms with E-state index in [4.69, 9.17) is 4.74 Å². The molecule has 4 nitrogen and oxygen atoms in total. The fourth-order valence-electron chi connectivity index (χ4n) is 2.25. The molecule has 5 heteroatoms. The molecule has 0 spiro atoms. The molecule has 2 rings (SSSR count). The second-order valence-corrected chi connectivity index (χ2v) is 5.23. The maximum Gasteiger partial charge on any atom is 0.193 e. The summed E-state index contributed by atoms with van der Waals surface area (Å²) >= 11 is 0. The number of hydrogen-bond donors (Lipinski definition) is 1. The van der Waals surface area contributed by atoms with E-state index in [0.29, 0.717) is 13.1 Å². The first-order chi connectivity index (χ1) is 11.1. The van der Waals surface area contributed by atoms with Crippen molar-refractivity contribution in [3.05, 3.63) is 65.5 Å². The molecule has 0 bridgehead atoms. The van der Waals surface area contributed by atoms with Crippen molar-refractivity contribution in [3.8, 4) is 5.75 Å². The molecule has 0 atom stereocenters. The largest absolute Gasteiger partial charge is 0.497 e. The zero-order valence-electron chi connectivity index (χ0n) is 13.7. The third-order valence-corrected chi connectivity index (χ3v) is 3.52. The van der Waals surface area contributed by atoms with Gasteiger partial charge in [0.15, 0.2) is 5.96 Å². The van der Waals surface area contributed by atoms with Crippen molar-refractivity contribution in [3.63, 3.8) is 0 Å². The quantitative estimate of drug-likeness (QED) is 0.680. The molecule has 0 saturated heterocycles. The van der Waals surface area contributed by atoms with Crippen molar-refractivity contribution in [1.29, 1.82) is 0 Å². The number of halogens is 1. The molecule has 2 aromatic rings. The molecular weight excluding hydrogens is 293 g/mol. The second-order valence-electron chi connectivity index (χ2n) is 5.23. The number of benzene rings is 2. The van der Waals surface area contributed by atoms with Gasteiger partial charge in [-0.25, -0.2) is 4.39 Å². The topological polar surface area (TPSA) is 36.9 Å². The lowest BCUT2D eigenvalue weighted by atomic mass is 10.2. The Labute approximate surface area is 136 Å². The molecule has 2 aromatic carbocycles. The summed E-state index contributed by atoms with van der Waals surface area (Å²) in [6, 6.07) is 14.4. The Hall–Kier alpha value is -2.56. The summed E-state index contributed by atoms with van der Waals surface area (Å²) in [5.74, 6) is 1.40. The van der Waals surface area contributed by atoms with Crippen LogP contribution in [0, 0.1) is 5.82 Å². The molecule has 0 aliphatic rings. The summed E-state index contributed by atoms with van der Waals surface area (Å²) in [4.78, 5) is 6.28. The van der Waals surface area contributed by atoms with Crippen LogP contribution in [-0.4, -0.2) is 32.1 Å². The van der Waals surface area contributed by atoms with Gasteiger partial charge < -0.3 is 15.0 Å². The SMILES string of the molecule is CN=C(NCc1ccc(OC)cc1)N(C)Cc1ccc(F)cc1. The van der Waals surface area contributed by atoms with Gasteiger partial charge in [-0.15, -0.1) is 0 Å². The normalized spacial score (nSPS) is 11.2. The van der Waals surface area contributed by atoms with E-state index in [1.807, 2.05) is 36.2 Å². The minimum Gasteiger partial charge on any atom is -0.497 e. The summed E-state index contributed by atoms with van der Waals surface area (Å²) < 4.78 is 18.1. The molecule has 0 aromatic heterocycles. The lowest BCUT2D eigenvalue weighted by Crippen LogP contribution is -2.38. The maximum absolute atomic E-state index is 13.0. The molecule has 122 valence electrons. The van der Waals surface area contributed by atoms with Crippen LogP contribution in [0.25, 0.3) is 0 Å². The van der Waals surface area contributed by atoms with Gasteiger partial charge in [-0.3, -0.25) is 4.99 Å². The standard InChI is InChI=1S/C18H22FN3O/c1-20-18(21-12-14-6-10-17(23-3)11-7-14)22(2)13-15-4-8-16(19)9-5-15/h4-11H,12-13H2,1-3H3,(H,20,21). The predicted octanol–water partition coefficient (Wildman–Crippen LogP) is 3.04. The van der Waals surface area contributed by atoms with Gasteiger partial charge in [-0.2, -0.15) is 0 Å². The van der Waals surface area contributed by atoms with Crippen LogP contribution in [0.5, 0.6) is 5.75 Å². The first-order valence-corrected chi connectivity index (χ1v) is 7.41. The van der Waals surface area contributed by atoms with Crippen LogP contribution in [0.3, 0.4) is 0 Å². The summed E-state index contributed by atoms with van der Waals surface area (Å²) in [6.45, 7) is 1.33. The molecule has 0 radical (unpaired) electrons. The van der Waals surface area contributed by atoms with Crippen LogP contribution in [-0.2, 0) is 13.1 Å². The number of ether oxygens (including phenoxy) is 1. The average Bonchev–Trinajstić information content (AvgIpc) is 2.58. The maximum atomic E-state index is 13.0. The van der Waals surface area contributed by atoms with Crippen LogP contribution in [0.1, 0.15) is 11.1 Å². The molecule has 0 aliphatic carbocycles.